The van der Waals surface area contributed by atoms with E-state index in [1.54, 1.807) is 0 Å². The second-order valence-corrected chi connectivity index (χ2v) is 3.52. The number of rotatable bonds is 2. The molecule has 2 nitrogen and oxygen atoms in total. The van der Waals surface area contributed by atoms with E-state index in [9.17, 15) is 4.79 Å². The summed E-state index contributed by atoms with van der Waals surface area (Å²) in [6.07, 6.45) is 5.76. The van der Waals surface area contributed by atoms with Crippen molar-refractivity contribution in [1.29, 1.82) is 0 Å². The highest BCUT2D eigenvalue weighted by Gasteiger charge is 2.18. The molecule has 0 aromatic heterocycles. The van der Waals surface area contributed by atoms with Crippen LogP contribution >= 0.6 is 0 Å². The van der Waals surface area contributed by atoms with Gasteiger partial charge in [0.05, 0.1) is 0 Å². The van der Waals surface area contributed by atoms with Gasteiger partial charge in [-0.2, -0.15) is 0 Å². The largest absolute Gasteiger partial charge is 0.462 e. The van der Waals surface area contributed by atoms with Gasteiger partial charge in [-0.05, 0) is 26.7 Å². The summed E-state index contributed by atoms with van der Waals surface area (Å²) in [5, 5.41) is 0. The fraction of sp³-hybridized carbons (Fsp3) is 0.700. The molecule has 0 bridgehead atoms. The summed E-state index contributed by atoms with van der Waals surface area (Å²) in [5.41, 5.74) is 1.29. The van der Waals surface area contributed by atoms with Crippen LogP contribution in [0.5, 0.6) is 0 Å². The van der Waals surface area contributed by atoms with Crippen molar-refractivity contribution in [3.63, 3.8) is 0 Å². The number of cyclic esters (lactones) is 1. The molecule has 1 aliphatic heterocycles. The van der Waals surface area contributed by atoms with Gasteiger partial charge in [0, 0.05) is 12.8 Å². The molecule has 1 aliphatic rings. The SMILES string of the molecule is CC(C)=CCC1CCCC(=O)O1. The van der Waals surface area contributed by atoms with Crippen LogP contribution in [0.25, 0.3) is 0 Å². The van der Waals surface area contributed by atoms with Gasteiger partial charge in [0.2, 0.25) is 0 Å². The maximum atomic E-state index is 10.9. The number of carbonyl (C=O) groups excluding carboxylic acids is 1. The van der Waals surface area contributed by atoms with Crippen molar-refractivity contribution in [3.8, 4) is 0 Å². The van der Waals surface area contributed by atoms with E-state index in [1.165, 1.54) is 5.57 Å². The Morgan fingerprint density at radius 1 is 1.67 bits per heavy atom. The van der Waals surface area contributed by atoms with Gasteiger partial charge in [-0.1, -0.05) is 11.6 Å². The molecular weight excluding hydrogens is 152 g/mol. The third-order valence-electron chi connectivity index (χ3n) is 1.99. The maximum Gasteiger partial charge on any atom is 0.306 e. The molecule has 1 heterocycles. The van der Waals surface area contributed by atoms with Crippen LogP contribution < -0.4 is 0 Å². The fourth-order valence-corrected chi connectivity index (χ4v) is 1.31. The van der Waals surface area contributed by atoms with Crippen molar-refractivity contribution in [2.45, 2.75) is 45.6 Å². The predicted molar refractivity (Wildman–Crippen MR) is 47.8 cm³/mol. The number of hydrogen-bond acceptors (Lipinski definition) is 2. The first-order chi connectivity index (χ1) is 5.68. The minimum atomic E-state index is -0.0339. The van der Waals surface area contributed by atoms with E-state index in [1.807, 2.05) is 0 Å². The molecule has 0 amide bonds. The lowest BCUT2D eigenvalue weighted by atomic mass is 10.1. The molecule has 0 N–H and O–H groups in total. The topological polar surface area (TPSA) is 26.3 Å². The number of carbonyl (C=O) groups is 1. The van der Waals surface area contributed by atoms with Crippen LogP contribution in [0.15, 0.2) is 11.6 Å². The summed E-state index contributed by atoms with van der Waals surface area (Å²) in [4.78, 5) is 10.9. The Morgan fingerprint density at radius 3 is 3.00 bits per heavy atom. The van der Waals surface area contributed by atoms with Gasteiger partial charge in [0.1, 0.15) is 6.10 Å². The van der Waals surface area contributed by atoms with Crippen molar-refractivity contribution in [2.75, 3.05) is 0 Å². The molecule has 1 fully saturated rings. The van der Waals surface area contributed by atoms with Gasteiger partial charge in [0.25, 0.3) is 0 Å². The van der Waals surface area contributed by atoms with E-state index < -0.39 is 0 Å². The summed E-state index contributed by atoms with van der Waals surface area (Å²) in [5.74, 6) is -0.0339. The monoisotopic (exact) mass is 168 g/mol. The van der Waals surface area contributed by atoms with E-state index >= 15 is 0 Å². The zero-order valence-electron chi connectivity index (χ0n) is 7.80. The van der Waals surface area contributed by atoms with E-state index in [4.69, 9.17) is 4.74 Å². The Bertz CT molecular complexity index is 190. The molecule has 68 valence electrons. The molecule has 0 radical (unpaired) electrons. The summed E-state index contributed by atoms with van der Waals surface area (Å²) < 4.78 is 5.15. The summed E-state index contributed by atoms with van der Waals surface area (Å²) in [6, 6.07) is 0. The molecule has 2 heteroatoms. The van der Waals surface area contributed by atoms with Crippen LogP contribution in [0.3, 0.4) is 0 Å². The van der Waals surface area contributed by atoms with Crippen molar-refractivity contribution in [3.05, 3.63) is 11.6 Å². The quantitative estimate of drug-likeness (QED) is 0.467. The van der Waals surface area contributed by atoms with Gasteiger partial charge in [-0.25, -0.2) is 0 Å². The molecule has 0 aliphatic carbocycles. The number of ether oxygens (including phenoxy) is 1. The molecule has 1 rings (SSSR count). The first-order valence-electron chi connectivity index (χ1n) is 4.51. The van der Waals surface area contributed by atoms with Crippen LogP contribution in [0.4, 0.5) is 0 Å². The number of esters is 1. The minimum absolute atomic E-state index is 0.0339. The van der Waals surface area contributed by atoms with Crippen LogP contribution in [0.1, 0.15) is 39.5 Å². The van der Waals surface area contributed by atoms with Gasteiger partial charge >= 0.3 is 5.97 Å². The van der Waals surface area contributed by atoms with Crippen LogP contribution in [0, 0.1) is 0 Å². The van der Waals surface area contributed by atoms with Gasteiger partial charge in [-0.3, -0.25) is 4.79 Å². The molecule has 1 atom stereocenters. The first kappa shape index (κ1) is 9.30. The lowest BCUT2D eigenvalue weighted by molar-refractivity contribution is -0.153. The van der Waals surface area contributed by atoms with Crippen molar-refractivity contribution >= 4 is 5.97 Å². The third-order valence-corrected chi connectivity index (χ3v) is 1.99. The average molecular weight is 168 g/mol. The van der Waals surface area contributed by atoms with Crippen molar-refractivity contribution < 1.29 is 9.53 Å². The van der Waals surface area contributed by atoms with Crippen LogP contribution in [-0.4, -0.2) is 12.1 Å². The lowest BCUT2D eigenvalue weighted by Gasteiger charge is -2.20. The van der Waals surface area contributed by atoms with E-state index in [-0.39, 0.29) is 12.1 Å². The minimum Gasteiger partial charge on any atom is -0.462 e. The Hall–Kier alpha value is -0.790. The molecular formula is C10H16O2. The highest BCUT2D eigenvalue weighted by atomic mass is 16.5. The van der Waals surface area contributed by atoms with Gasteiger partial charge in [-0.15, -0.1) is 0 Å². The summed E-state index contributed by atoms with van der Waals surface area (Å²) >= 11 is 0. The normalized spacial score (nSPS) is 23.2. The highest BCUT2D eigenvalue weighted by Crippen LogP contribution is 2.17. The Kier molecular flexibility index (Phi) is 3.32. The van der Waals surface area contributed by atoms with Crippen molar-refractivity contribution in [1.82, 2.24) is 0 Å². The smallest absolute Gasteiger partial charge is 0.306 e. The first-order valence-corrected chi connectivity index (χ1v) is 4.51. The average Bonchev–Trinajstić information content (AvgIpc) is 2.01. The standard InChI is InChI=1S/C10H16O2/c1-8(2)6-7-9-4-3-5-10(11)12-9/h6,9H,3-5,7H2,1-2H3. The predicted octanol–water partition coefficient (Wildman–Crippen LogP) is 2.44. The fourth-order valence-electron chi connectivity index (χ4n) is 1.31. The van der Waals surface area contributed by atoms with E-state index in [0.29, 0.717) is 6.42 Å². The second-order valence-electron chi connectivity index (χ2n) is 3.52. The lowest BCUT2D eigenvalue weighted by Crippen LogP contribution is -2.22. The second kappa shape index (κ2) is 4.29. The summed E-state index contributed by atoms with van der Waals surface area (Å²) in [7, 11) is 0. The molecule has 12 heavy (non-hydrogen) atoms. The zero-order valence-corrected chi connectivity index (χ0v) is 7.80. The highest BCUT2D eigenvalue weighted by molar-refractivity contribution is 5.70. The van der Waals surface area contributed by atoms with E-state index in [0.717, 1.165) is 19.3 Å². The van der Waals surface area contributed by atoms with Crippen LogP contribution in [-0.2, 0) is 9.53 Å². The maximum absolute atomic E-state index is 10.9. The molecule has 0 aromatic carbocycles. The Balaban J connectivity index is 2.32. The van der Waals surface area contributed by atoms with E-state index in [2.05, 4.69) is 19.9 Å². The van der Waals surface area contributed by atoms with Crippen LogP contribution in [0.2, 0.25) is 0 Å². The molecule has 0 spiro atoms. The molecule has 0 saturated carbocycles. The Labute approximate surface area is 73.6 Å². The Morgan fingerprint density at radius 2 is 2.42 bits per heavy atom. The zero-order chi connectivity index (χ0) is 8.97. The summed E-state index contributed by atoms with van der Waals surface area (Å²) in [6.45, 7) is 4.12. The van der Waals surface area contributed by atoms with Gasteiger partial charge < -0.3 is 4.74 Å². The van der Waals surface area contributed by atoms with Gasteiger partial charge in [0.15, 0.2) is 0 Å². The molecule has 0 aromatic rings. The molecule has 1 unspecified atom stereocenters. The third kappa shape index (κ3) is 3.07. The van der Waals surface area contributed by atoms with Crippen molar-refractivity contribution in [2.24, 2.45) is 0 Å². The molecule has 1 saturated heterocycles. The number of allylic oxidation sites excluding steroid dienone is 1. The number of hydrogen-bond donors (Lipinski definition) is 0.